The lowest BCUT2D eigenvalue weighted by Gasteiger charge is -2.14. The van der Waals surface area contributed by atoms with E-state index in [1.54, 1.807) is 18.2 Å². The fourth-order valence-electron chi connectivity index (χ4n) is 2.35. The van der Waals surface area contributed by atoms with E-state index in [9.17, 15) is 18.0 Å². The molecule has 1 amide bonds. The van der Waals surface area contributed by atoms with Crippen molar-refractivity contribution in [1.29, 1.82) is 0 Å². The predicted molar refractivity (Wildman–Crippen MR) is 98.8 cm³/mol. The Morgan fingerprint density at radius 2 is 2.00 bits per heavy atom. The molecule has 0 saturated heterocycles. The van der Waals surface area contributed by atoms with Crippen LogP contribution in [0, 0.1) is 0 Å². The van der Waals surface area contributed by atoms with Gasteiger partial charge in [0.05, 0.1) is 17.5 Å². The molecular weight excluding hydrogens is 403 g/mol. The van der Waals surface area contributed by atoms with Crippen LogP contribution in [0.2, 0.25) is 4.34 Å². The first-order valence-electron chi connectivity index (χ1n) is 8.09. The molecule has 27 heavy (non-hydrogen) atoms. The third-order valence-corrected chi connectivity index (χ3v) is 5.07. The highest BCUT2D eigenvalue weighted by molar-refractivity contribution is 7.16. The molecule has 0 radical (unpaired) electrons. The van der Waals surface area contributed by atoms with E-state index < -0.39 is 12.8 Å². The van der Waals surface area contributed by atoms with E-state index in [1.807, 2.05) is 13.0 Å². The summed E-state index contributed by atoms with van der Waals surface area (Å²) in [5, 5.41) is 2.89. The largest absolute Gasteiger partial charge is 0.493 e. The van der Waals surface area contributed by atoms with Crippen LogP contribution in [-0.2, 0) is 11.2 Å². The molecule has 1 heterocycles. The molecule has 0 saturated carbocycles. The standard InChI is InChI=1S/C18H19ClF3NO3S/c1-11(15-6-7-16(19)27-15)23-17(24)8-4-12-3-5-13(14(9-12)25-2)26-10-18(20,21)22/h3,5-7,9,11H,4,8,10H2,1-2H3,(H,23,24). The number of carbonyl (C=O) groups excluding carboxylic acids is 1. The first kappa shape index (κ1) is 21.4. The van der Waals surface area contributed by atoms with Gasteiger partial charge in [0.1, 0.15) is 0 Å². The molecule has 1 aromatic heterocycles. The van der Waals surface area contributed by atoms with E-state index in [0.29, 0.717) is 10.8 Å². The molecule has 0 bridgehead atoms. The minimum Gasteiger partial charge on any atom is -0.493 e. The average Bonchev–Trinajstić information content (AvgIpc) is 3.04. The Morgan fingerprint density at radius 1 is 1.26 bits per heavy atom. The molecule has 4 nitrogen and oxygen atoms in total. The normalized spacial score (nSPS) is 12.5. The number of methoxy groups -OCH3 is 1. The van der Waals surface area contributed by atoms with Gasteiger partial charge in [0, 0.05) is 11.3 Å². The number of carbonyl (C=O) groups is 1. The van der Waals surface area contributed by atoms with Crippen LogP contribution in [0.15, 0.2) is 30.3 Å². The quantitative estimate of drug-likeness (QED) is 0.640. The van der Waals surface area contributed by atoms with Gasteiger partial charge in [0.2, 0.25) is 5.91 Å². The molecule has 0 aliphatic rings. The number of nitrogens with one attached hydrogen (secondary N) is 1. The molecule has 1 atom stereocenters. The third kappa shape index (κ3) is 6.95. The number of amides is 1. The minimum atomic E-state index is -4.43. The van der Waals surface area contributed by atoms with Gasteiger partial charge in [-0.1, -0.05) is 17.7 Å². The van der Waals surface area contributed by atoms with Crippen LogP contribution < -0.4 is 14.8 Å². The molecule has 148 valence electrons. The lowest BCUT2D eigenvalue weighted by molar-refractivity contribution is -0.153. The predicted octanol–water partition coefficient (Wildman–Crippen LogP) is 5.16. The summed E-state index contributed by atoms with van der Waals surface area (Å²) in [7, 11) is 1.35. The molecule has 1 aromatic carbocycles. The van der Waals surface area contributed by atoms with E-state index in [1.165, 1.54) is 24.5 Å². The average molecular weight is 422 g/mol. The zero-order valence-electron chi connectivity index (χ0n) is 14.7. The summed E-state index contributed by atoms with van der Waals surface area (Å²) < 4.78 is 47.3. The van der Waals surface area contributed by atoms with Crippen molar-refractivity contribution >= 4 is 28.8 Å². The first-order chi connectivity index (χ1) is 12.7. The fourth-order valence-corrected chi connectivity index (χ4v) is 3.41. The number of thiophene rings is 1. The second-order valence-corrected chi connectivity index (χ2v) is 7.57. The molecule has 0 fully saturated rings. The summed E-state index contributed by atoms with van der Waals surface area (Å²) >= 11 is 7.30. The van der Waals surface area contributed by atoms with Gasteiger partial charge in [-0.2, -0.15) is 13.2 Å². The number of hydrogen-bond donors (Lipinski definition) is 1. The molecule has 1 N–H and O–H groups in total. The second-order valence-electron chi connectivity index (χ2n) is 5.82. The van der Waals surface area contributed by atoms with Crippen LogP contribution >= 0.6 is 22.9 Å². The van der Waals surface area contributed by atoms with Gasteiger partial charge < -0.3 is 14.8 Å². The van der Waals surface area contributed by atoms with Gasteiger partial charge in [0.15, 0.2) is 18.1 Å². The van der Waals surface area contributed by atoms with Crippen LogP contribution in [0.4, 0.5) is 13.2 Å². The van der Waals surface area contributed by atoms with Crippen LogP contribution in [-0.4, -0.2) is 25.8 Å². The Bertz CT molecular complexity index is 779. The highest BCUT2D eigenvalue weighted by atomic mass is 35.5. The molecule has 9 heteroatoms. The number of aryl methyl sites for hydroxylation is 1. The SMILES string of the molecule is COc1cc(CCC(=O)NC(C)c2ccc(Cl)s2)ccc1OCC(F)(F)F. The maximum absolute atomic E-state index is 12.3. The van der Waals surface area contributed by atoms with E-state index in [-0.39, 0.29) is 29.9 Å². The number of benzene rings is 1. The van der Waals surface area contributed by atoms with Crippen LogP contribution in [0.5, 0.6) is 11.5 Å². The molecule has 0 aliphatic heterocycles. The summed E-state index contributed by atoms with van der Waals surface area (Å²) in [6, 6.07) is 8.09. The summed E-state index contributed by atoms with van der Waals surface area (Å²) in [6.45, 7) is 0.478. The van der Waals surface area contributed by atoms with Crippen LogP contribution in [0.3, 0.4) is 0 Å². The van der Waals surface area contributed by atoms with Gasteiger partial charge in [-0.3, -0.25) is 4.79 Å². The van der Waals surface area contributed by atoms with Gasteiger partial charge in [-0.05, 0) is 43.2 Å². The van der Waals surface area contributed by atoms with Crippen molar-refractivity contribution in [2.45, 2.75) is 32.0 Å². The highest BCUT2D eigenvalue weighted by Gasteiger charge is 2.29. The molecule has 0 spiro atoms. The lowest BCUT2D eigenvalue weighted by atomic mass is 10.1. The molecule has 0 aliphatic carbocycles. The topological polar surface area (TPSA) is 47.6 Å². The van der Waals surface area contributed by atoms with E-state index >= 15 is 0 Å². The zero-order chi connectivity index (χ0) is 20.0. The maximum Gasteiger partial charge on any atom is 0.422 e. The van der Waals surface area contributed by atoms with Crippen molar-refractivity contribution < 1.29 is 27.4 Å². The van der Waals surface area contributed by atoms with Gasteiger partial charge in [-0.15, -0.1) is 11.3 Å². The van der Waals surface area contributed by atoms with Crippen LogP contribution in [0.25, 0.3) is 0 Å². The summed E-state index contributed by atoms with van der Waals surface area (Å²) in [5.74, 6) is 0.0633. The first-order valence-corrected chi connectivity index (χ1v) is 9.28. The second kappa shape index (κ2) is 9.32. The van der Waals surface area contributed by atoms with E-state index in [2.05, 4.69) is 5.32 Å². The molecule has 1 unspecified atom stereocenters. The Hall–Kier alpha value is -1.93. The number of alkyl halides is 3. The Morgan fingerprint density at radius 3 is 2.59 bits per heavy atom. The van der Waals surface area contributed by atoms with E-state index in [0.717, 1.165) is 10.4 Å². The number of hydrogen-bond acceptors (Lipinski definition) is 4. The Kier molecular flexibility index (Phi) is 7.38. The van der Waals surface area contributed by atoms with Crippen molar-refractivity contribution in [2.75, 3.05) is 13.7 Å². The summed E-state index contributed by atoms with van der Waals surface area (Å²) in [6.07, 6.45) is -3.78. The molecular formula is C18H19ClF3NO3S. The Balaban J connectivity index is 1.90. The number of ether oxygens (including phenoxy) is 2. The zero-order valence-corrected chi connectivity index (χ0v) is 16.3. The van der Waals surface area contributed by atoms with Crippen molar-refractivity contribution in [3.8, 4) is 11.5 Å². The summed E-state index contributed by atoms with van der Waals surface area (Å²) in [4.78, 5) is 13.1. The van der Waals surface area contributed by atoms with Crippen molar-refractivity contribution in [2.24, 2.45) is 0 Å². The third-order valence-electron chi connectivity index (χ3n) is 3.66. The van der Waals surface area contributed by atoms with E-state index in [4.69, 9.17) is 21.1 Å². The summed E-state index contributed by atoms with van der Waals surface area (Å²) in [5.41, 5.74) is 0.758. The van der Waals surface area contributed by atoms with Crippen molar-refractivity contribution in [3.63, 3.8) is 0 Å². The Labute approximate surface area is 164 Å². The highest BCUT2D eigenvalue weighted by Crippen LogP contribution is 2.30. The maximum atomic E-state index is 12.3. The van der Waals surface area contributed by atoms with Crippen LogP contribution in [0.1, 0.15) is 29.8 Å². The smallest absolute Gasteiger partial charge is 0.422 e. The minimum absolute atomic E-state index is 0.00576. The number of rotatable bonds is 8. The molecule has 2 rings (SSSR count). The van der Waals surface area contributed by atoms with Crippen molar-refractivity contribution in [1.82, 2.24) is 5.32 Å². The lowest BCUT2D eigenvalue weighted by Crippen LogP contribution is -2.26. The molecule has 2 aromatic rings. The fraction of sp³-hybridized carbons (Fsp3) is 0.389. The van der Waals surface area contributed by atoms with Gasteiger partial charge >= 0.3 is 6.18 Å². The van der Waals surface area contributed by atoms with Gasteiger partial charge in [0.25, 0.3) is 0 Å². The van der Waals surface area contributed by atoms with Crippen molar-refractivity contribution in [3.05, 3.63) is 45.1 Å². The van der Waals surface area contributed by atoms with Gasteiger partial charge in [-0.25, -0.2) is 0 Å². The number of halogens is 4. The monoisotopic (exact) mass is 421 g/mol.